The van der Waals surface area contributed by atoms with E-state index in [1.54, 1.807) is 0 Å². The van der Waals surface area contributed by atoms with Gasteiger partial charge in [0.1, 0.15) is 5.52 Å². The lowest BCUT2D eigenvalue weighted by Crippen LogP contribution is -2.35. The first-order chi connectivity index (χ1) is 12.2. The summed E-state index contributed by atoms with van der Waals surface area (Å²) >= 11 is 1.36. The van der Waals surface area contributed by atoms with Crippen LogP contribution in [0.1, 0.15) is 36.9 Å². The van der Waals surface area contributed by atoms with Crippen LogP contribution in [0.5, 0.6) is 0 Å². The van der Waals surface area contributed by atoms with Gasteiger partial charge in [0.15, 0.2) is 5.58 Å². The van der Waals surface area contributed by atoms with E-state index in [4.69, 9.17) is 4.42 Å². The molecular weight excluding hydrogens is 332 g/mol. The Kier molecular flexibility index (Phi) is 4.49. The number of aromatic nitrogens is 1. The van der Waals surface area contributed by atoms with Gasteiger partial charge in [-0.3, -0.25) is 4.79 Å². The van der Waals surface area contributed by atoms with E-state index in [1.807, 2.05) is 37.3 Å². The van der Waals surface area contributed by atoms with Gasteiger partial charge in [0.2, 0.25) is 5.91 Å². The van der Waals surface area contributed by atoms with E-state index in [-0.39, 0.29) is 17.2 Å². The van der Waals surface area contributed by atoms with Gasteiger partial charge in [-0.15, -0.1) is 0 Å². The Morgan fingerprint density at radius 2 is 2.04 bits per heavy atom. The average Bonchev–Trinajstić information content (AvgIpc) is 3.04. The number of para-hydroxylation sites is 2. The fourth-order valence-electron chi connectivity index (χ4n) is 3.30. The van der Waals surface area contributed by atoms with Crippen LogP contribution in [0.4, 0.5) is 0 Å². The van der Waals surface area contributed by atoms with Crippen molar-refractivity contribution in [2.75, 3.05) is 0 Å². The number of aryl methyl sites for hydroxylation is 1. The molecule has 1 aliphatic rings. The minimum atomic E-state index is -0.262. The Bertz CT molecular complexity index is 872. The summed E-state index contributed by atoms with van der Waals surface area (Å²) in [4.78, 5) is 17.1. The molecule has 1 aromatic heterocycles. The summed E-state index contributed by atoms with van der Waals surface area (Å²) in [6, 6.07) is 16.1. The molecule has 0 bridgehead atoms. The highest BCUT2D eigenvalue weighted by Crippen LogP contribution is 2.31. The molecule has 4 nitrogen and oxygen atoms in total. The van der Waals surface area contributed by atoms with Crippen LogP contribution in [0, 0.1) is 0 Å². The Hall–Kier alpha value is -2.27. The number of rotatable bonds is 4. The van der Waals surface area contributed by atoms with Crippen molar-refractivity contribution in [3.8, 4) is 0 Å². The van der Waals surface area contributed by atoms with Crippen LogP contribution in [0.3, 0.4) is 0 Å². The third-order valence-corrected chi connectivity index (χ3v) is 5.55. The highest BCUT2D eigenvalue weighted by atomic mass is 32.2. The molecular formula is C20H20N2O2S. The molecule has 2 atom stereocenters. The second kappa shape index (κ2) is 6.92. The van der Waals surface area contributed by atoms with Crippen molar-refractivity contribution in [2.24, 2.45) is 0 Å². The Morgan fingerprint density at radius 1 is 1.24 bits per heavy atom. The number of hydrogen-bond donors (Lipinski definition) is 1. The molecule has 1 amide bonds. The topological polar surface area (TPSA) is 55.1 Å². The molecule has 128 valence electrons. The molecule has 25 heavy (non-hydrogen) atoms. The number of hydrogen-bond acceptors (Lipinski definition) is 4. The van der Waals surface area contributed by atoms with Crippen molar-refractivity contribution in [1.82, 2.24) is 10.3 Å². The normalized spacial score (nSPS) is 17.9. The molecule has 0 fully saturated rings. The molecule has 2 aromatic carbocycles. The van der Waals surface area contributed by atoms with E-state index < -0.39 is 0 Å². The number of fused-ring (bicyclic) bond motifs is 2. The van der Waals surface area contributed by atoms with Crippen LogP contribution >= 0.6 is 11.8 Å². The van der Waals surface area contributed by atoms with E-state index in [2.05, 4.69) is 28.5 Å². The number of nitrogens with zero attached hydrogens (tertiary/aromatic N) is 1. The second-order valence-corrected chi connectivity index (χ2v) is 7.65. The van der Waals surface area contributed by atoms with Gasteiger partial charge in [0.05, 0.1) is 11.3 Å². The minimum absolute atomic E-state index is 0.0222. The zero-order chi connectivity index (χ0) is 17.2. The van der Waals surface area contributed by atoms with Gasteiger partial charge in [-0.2, -0.15) is 0 Å². The number of carbonyl (C=O) groups is 1. The maximum atomic E-state index is 12.6. The molecule has 0 radical (unpaired) electrons. The Balaban J connectivity index is 1.44. The van der Waals surface area contributed by atoms with Crippen LogP contribution in [0.25, 0.3) is 11.1 Å². The smallest absolute Gasteiger partial charge is 0.257 e. The first-order valence-corrected chi connectivity index (χ1v) is 9.49. The maximum absolute atomic E-state index is 12.6. The summed E-state index contributed by atoms with van der Waals surface area (Å²) in [7, 11) is 0. The van der Waals surface area contributed by atoms with Crippen LogP contribution in [0.15, 0.2) is 58.2 Å². The Labute approximate surface area is 151 Å². The lowest BCUT2D eigenvalue weighted by atomic mass is 9.88. The van der Waals surface area contributed by atoms with E-state index in [9.17, 15) is 4.79 Å². The summed E-state index contributed by atoms with van der Waals surface area (Å²) in [6.07, 6.45) is 3.19. The van der Waals surface area contributed by atoms with Crippen molar-refractivity contribution in [3.63, 3.8) is 0 Å². The van der Waals surface area contributed by atoms with Crippen molar-refractivity contribution in [2.45, 2.75) is 42.7 Å². The minimum Gasteiger partial charge on any atom is -0.431 e. The summed E-state index contributed by atoms with van der Waals surface area (Å²) < 4.78 is 5.71. The highest BCUT2D eigenvalue weighted by Gasteiger charge is 2.25. The monoisotopic (exact) mass is 352 g/mol. The van der Waals surface area contributed by atoms with Crippen LogP contribution in [-0.2, 0) is 11.2 Å². The highest BCUT2D eigenvalue weighted by molar-refractivity contribution is 8.00. The first-order valence-electron chi connectivity index (χ1n) is 8.61. The summed E-state index contributed by atoms with van der Waals surface area (Å²) in [5, 5.41) is 3.47. The van der Waals surface area contributed by atoms with Gasteiger partial charge in [0.25, 0.3) is 5.22 Å². The third kappa shape index (κ3) is 3.42. The van der Waals surface area contributed by atoms with Gasteiger partial charge in [-0.05, 0) is 49.4 Å². The second-order valence-electron chi connectivity index (χ2n) is 6.36. The SMILES string of the molecule is C[C@@H](Sc1nc2ccccc2o1)C(=O)N[C@H]1CCCc2ccccc21. The number of carbonyl (C=O) groups excluding carboxylic acids is 1. The predicted molar refractivity (Wildman–Crippen MR) is 99.6 cm³/mol. The standard InChI is InChI=1S/C20H20N2O2S/c1-13(25-20-22-17-10-4-5-12-18(17)24-20)19(23)21-16-11-6-8-14-7-2-3-9-15(14)16/h2-5,7,9-10,12-13,16H,6,8,11H2,1H3,(H,21,23)/t13-,16+/m1/s1. The third-order valence-electron chi connectivity index (χ3n) is 4.61. The van der Waals surface area contributed by atoms with Gasteiger partial charge >= 0.3 is 0 Å². The van der Waals surface area contributed by atoms with Gasteiger partial charge in [-0.25, -0.2) is 4.98 Å². The molecule has 4 rings (SSSR count). The van der Waals surface area contributed by atoms with Gasteiger partial charge in [0, 0.05) is 0 Å². The van der Waals surface area contributed by atoms with Gasteiger partial charge in [-0.1, -0.05) is 48.2 Å². The maximum Gasteiger partial charge on any atom is 0.257 e. The first kappa shape index (κ1) is 16.2. The number of nitrogens with one attached hydrogen (secondary N) is 1. The zero-order valence-electron chi connectivity index (χ0n) is 14.1. The molecule has 0 unspecified atom stereocenters. The molecule has 5 heteroatoms. The van der Waals surface area contributed by atoms with E-state index in [0.29, 0.717) is 5.22 Å². The average molecular weight is 352 g/mol. The fourth-order valence-corrected chi connectivity index (χ4v) is 4.07. The zero-order valence-corrected chi connectivity index (χ0v) is 14.9. The molecule has 0 saturated heterocycles. The molecule has 0 spiro atoms. The lowest BCUT2D eigenvalue weighted by molar-refractivity contribution is -0.121. The van der Waals surface area contributed by atoms with Crippen LogP contribution < -0.4 is 5.32 Å². The largest absolute Gasteiger partial charge is 0.431 e. The lowest BCUT2D eigenvalue weighted by Gasteiger charge is -2.27. The fraction of sp³-hybridized carbons (Fsp3) is 0.300. The molecule has 1 N–H and O–H groups in total. The van der Waals surface area contributed by atoms with Crippen molar-refractivity contribution in [1.29, 1.82) is 0 Å². The summed E-state index contributed by atoms with van der Waals surface area (Å²) in [5.41, 5.74) is 4.16. The molecule has 0 aliphatic heterocycles. The molecule has 0 saturated carbocycles. The van der Waals surface area contributed by atoms with E-state index in [0.717, 1.165) is 30.4 Å². The van der Waals surface area contributed by atoms with E-state index >= 15 is 0 Å². The van der Waals surface area contributed by atoms with Gasteiger partial charge < -0.3 is 9.73 Å². The van der Waals surface area contributed by atoms with Crippen LogP contribution in [0.2, 0.25) is 0 Å². The molecule has 1 heterocycles. The molecule has 3 aromatic rings. The number of oxazole rings is 1. The Morgan fingerprint density at radius 3 is 2.92 bits per heavy atom. The molecule has 1 aliphatic carbocycles. The van der Waals surface area contributed by atoms with Crippen molar-refractivity contribution < 1.29 is 9.21 Å². The van der Waals surface area contributed by atoms with E-state index in [1.165, 1.54) is 22.9 Å². The van der Waals surface area contributed by atoms with Crippen molar-refractivity contribution in [3.05, 3.63) is 59.7 Å². The summed E-state index contributed by atoms with van der Waals surface area (Å²) in [6.45, 7) is 1.89. The number of benzene rings is 2. The quantitative estimate of drug-likeness (QED) is 0.702. The van der Waals surface area contributed by atoms with Crippen molar-refractivity contribution >= 4 is 28.8 Å². The predicted octanol–water partition coefficient (Wildman–Crippen LogP) is 4.50. The number of thioether (sulfide) groups is 1. The number of amides is 1. The van der Waals surface area contributed by atoms with Crippen LogP contribution in [-0.4, -0.2) is 16.1 Å². The summed E-state index contributed by atoms with van der Waals surface area (Å²) in [5.74, 6) is 0.0222.